The fraction of sp³-hybridized carbons (Fsp3) is 0.286. The Morgan fingerprint density at radius 1 is 1.07 bits per heavy atom. The fourth-order valence-corrected chi connectivity index (χ4v) is 4.02. The zero-order valence-electron chi connectivity index (χ0n) is 14.9. The molecule has 0 unspecified atom stereocenters. The number of hydrogen-bond acceptors (Lipinski definition) is 5. The number of carbonyl (C=O) groups excluding carboxylic acids is 1. The van der Waals surface area contributed by atoms with E-state index >= 15 is 0 Å². The van der Waals surface area contributed by atoms with Crippen molar-refractivity contribution in [2.45, 2.75) is 24.0 Å². The van der Waals surface area contributed by atoms with Gasteiger partial charge in [-0.2, -0.15) is 0 Å². The summed E-state index contributed by atoms with van der Waals surface area (Å²) >= 11 is 1.42. The number of carbonyl (C=O) groups is 1. The number of hydrogen-bond donors (Lipinski definition) is 1. The number of thioether (sulfide) groups is 1. The minimum absolute atomic E-state index is 0.00600. The molecule has 2 heterocycles. The molecule has 5 nitrogen and oxygen atoms in total. The molecular weight excluding hydrogens is 358 g/mol. The van der Waals surface area contributed by atoms with Crippen LogP contribution in [-0.4, -0.2) is 41.1 Å². The zero-order valence-corrected chi connectivity index (χ0v) is 15.7. The van der Waals surface area contributed by atoms with E-state index in [1.165, 1.54) is 11.8 Å². The minimum atomic E-state index is -0.00600. The highest BCUT2D eigenvalue weighted by Gasteiger charge is 2.17. The van der Waals surface area contributed by atoms with E-state index in [9.17, 15) is 4.79 Å². The Labute approximate surface area is 162 Å². The lowest BCUT2D eigenvalue weighted by Gasteiger charge is -2.11. The molecule has 2 aromatic carbocycles. The first-order valence-electron chi connectivity index (χ1n) is 9.13. The number of nitrogens with one attached hydrogen (secondary N) is 1. The molecule has 0 aliphatic carbocycles. The lowest BCUT2D eigenvalue weighted by molar-refractivity contribution is -0.119. The van der Waals surface area contributed by atoms with Crippen molar-refractivity contribution in [3.05, 3.63) is 54.6 Å². The van der Waals surface area contributed by atoms with E-state index < -0.39 is 0 Å². The van der Waals surface area contributed by atoms with Crippen LogP contribution in [0, 0.1) is 0 Å². The molecule has 0 radical (unpaired) electrons. The topological polar surface area (TPSA) is 64.1 Å². The summed E-state index contributed by atoms with van der Waals surface area (Å²) in [5.41, 5.74) is 1.89. The van der Waals surface area contributed by atoms with E-state index in [4.69, 9.17) is 4.74 Å². The van der Waals surface area contributed by atoms with Crippen molar-refractivity contribution in [2.75, 3.05) is 18.9 Å². The number of benzene rings is 2. The maximum absolute atomic E-state index is 12.2. The first kappa shape index (κ1) is 17.9. The van der Waals surface area contributed by atoms with Crippen molar-refractivity contribution < 1.29 is 9.53 Å². The van der Waals surface area contributed by atoms with Gasteiger partial charge < -0.3 is 10.1 Å². The summed E-state index contributed by atoms with van der Waals surface area (Å²) in [6.45, 7) is 1.38. The summed E-state index contributed by atoms with van der Waals surface area (Å²) in [4.78, 5) is 12.2. The van der Waals surface area contributed by atoms with Gasteiger partial charge in [0.2, 0.25) is 5.91 Å². The van der Waals surface area contributed by atoms with Gasteiger partial charge in [0.1, 0.15) is 10.7 Å². The Morgan fingerprint density at radius 2 is 1.85 bits per heavy atom. The molecule has 0 bridgehead atoms. The summed E-state index contributed by atoms with van der Waals surface area (Å²) in [5, 5.41) is 14.6. The number of fused-ring (bicyclic) bond motifs is 1. The smallest absolute Gasteiger partial charge is 0.230 e. The molecular formula is C21H21N3O2S. The van der Waals surface area contributed by atoms with E-state index in [0.717, 1.165) is 46.5 Å². The first-order valence-corrected chi connectivity index (χ1v) is 10.1. The van der Waals surface area contributed by atoms with Crippen molar-refractivity contribution in [3.8, 4) is 11.3 Å². The summed E-state index contributed by atoms with van der Waals surface area (Å²) in [5.74, 6) is 0.310. The van der Waals surface area contributed by atoms with Crippen LogP contribution in [0.3, 0.4) is 0 Å². The number of ether oxygens (including phenoxy) is 1. The molecule has 1 aliphatic heterocycles. The zero-order chi connectivity index (χ0) is 18.5. The lowest BCUT2D eigenvalue weighted by atomic mass is 10.1. The quantitative estimate of drug-likeness (QED) is 0.662. The molecule has 0 spiro atoms. The van der Waals surface area contributed by atoms with Crippen LogP contribution in [0.25, 0.3) is 22.0 Å². The highest BCUT2D eigenvalue weighted by Crippen LogP contribution is 2.31. The van der Waals surface area contributed by atoms with Crippen LogP contribution in [0.1, 0.15) is 12.8 Å². The second kappa shape index (κ2) is 8.50. The Hall–Kier alpha value is -2.44. The third-order valence-corrected chi connectivity index (χ3v) is 5.57. The highest BCUT2D eigenvalue weighted by atomic mass is 32.2. The Balaban J connectivity index is 1.48. The Bertz CT molecular complexity index is 927. The summed E-state index contributed by atoms with van der Waals surface area (Å²) in [6.07, 6.45) is 2.25. The molecule has 6 heteroatoms. The molecule has 1 N–H and O–H groups in total. The second-order valence-corrected chi connectivity index (χ2v) is 7.46. The van der Waals surface area contributed by atoms with Gasteiger partial charge in [-0.25, -0.2) is 0 Å². The van der Waals surface area contributed by atoms with E-state index in [0.29, 0.717) is 12.3 Å². The van der Waals surface area contributed by atoms with Gasteiger partial charge in [-0.05, 0) is 12.8 Å². The average Bonchev–Trinajstić information content (AvgIpc) is 3.25. The molecule has 1 fully saturated rings. The van der Waals surface area contributed by atoms with Gasteiger partial charge >= 0.3 is 0 Å². The predicted molar refractivity (Wildman–Crippen MR) is 108 cm³/mol. The maximum Gasteiger partial charge on any atom is 0.230 e. The van der Waals surface area contributed by atoms with Gasteiger partial charge in [0.15, 0.2) is 0 Å². The predicted octanol–water partition coefficient (Wildman–Crippen LogP) is 3.68. The van der Waals surface area contributed by atoms with Crippen LogP contribution in [-0.2, 0) is 9.53 Å². The van der Waals surface area contributed by atoms with Crippen LogP contribution in [0.5, 0.6) is 0 Å². The van der Waals surface area contributed by atoms with Gasteiger partial charge in [0, 0.05) is 29.5 Å². The van der Waals surface area contributed by atoms with Crippen LogP contribution in [0.15, 0.2) is 59.6 Å². The van der Waals surface area contributed by atoms with E-state index in [2.05, 4.69) is 15.5 Å². The Kier molecular flexibility index (Phi) is 5.65. The molecule has 1 aromatic heterocycles. The third kappa shape index (κ3) is 4.28. The average molecular weight is 379 g/mol. The normalized spacial score (nSPS) is 16.5. The molecule has 4 rings (SSSR count). The molecule has 27 heavy (non-hydrogen) atoms. The monoisotopic (exact) mass is 379 g/mol. The molecule has 1 atom stereocenters. The minimum Gasteiger partial charge on any atom is -0.376 e. The van der Waals surface area contributed by atoms with Crippen LogP contribution < -0.4 is 5.32 Å². The van der Waals surface area contributed by atoms with Crippen molar-refractivity contribution in [2.24, 2.45) is 0 Å². The first-order chi connectivity index (χ1) is 13.3. The standard InChI is InChI=1S/C21H21N3O2S/c25-19(22-13-16-9-6-12-26-16)14-27-21-18-11-5-4-10-17(18)20(23-24-21)15-7-2-1-3-8-15/h1-5,7-8,10-11,16H,6,9,12-14H2,(H,22,25)/t16-/m0/s1. The van der Waals surface area contributed by atoms with Crippen molar-refractivity contribution in [1.82, 2.24) is 15.5 Å². The largest absolute Gasteiger partial charge is 0.376 e. The fourth-order valence-electron chi connectivity index (χ4n) is 3.21. The van der Waals surface area contributed by atoms with Crippen molar-refractivity contribution in [3.63, 3.8) is 0 Å². The van der Waals surface area contributed by atoms with E-state index in [-0.39, 0.29) is 12.0 Å². The number of rotatable bonds is 6. The summed E-state index contributed by atoms with van der Waals surface area (Å²) in [7, 11) is 0. The van der Waals surface area contributed by atoms with Crippen LogP contribution in [0.2, 0.25) is 0 Å². The third-order valence-electron chi connectivity index (χ3n) is 4.59. The number of aromatic nitrogens is 2. The van der Waals surface area contributed by atoms with Gasteiger partial charge in [0.05, 0.1) is 11.9 Å². The number of nitrogens with zero attached hydrogens (tertiary/aromatic N) is 2. The van der Waals surface area contributed by atoms with Crippen molar-refractivity contribution >= 4 is 28.4 Å². The van der Waals surface area contributed by atoms with Crippen molar-refractivity contribution in [1.29, 1.82) is 0 Å². The maximum atomic E-state index is 12.2. The summed E-state index contributed by atoms with van der Waals surface area (Å²) < 4.78 is 5.54. The van der Waals surface area contributed by atoms with Gasteiger partial charge in [-0.1, -0.05) is 66.4 Å². The molecule has 1 saturated heterocycles. The highest BCUT2D eigenvalue weighted by molar-refractivity contribution is 8.00. The van der Waals surface area contributed by atoms with Gasteiger partial charge in [-0.3, -0.25) is 4.79 Å². The van der Waals surface area contributed by atoms with Crippen LogP contribution >= 0.6 is 11.8 Å². The van der Waals surface area contributed by atoms with Gasteiger partial charge in [0.25, 0.3) is 0 Å². The van der Waals surface area contributed by atoms with Crippen LogP contribution in [0.4, 0.5) is 0 Å². The molecule has 138 valence electrons. The SMILES string of the molecule is O=C(CSc1nnc(-c2ccccc2)c2ccccc12)NC[C@@H]1CCCO1. The second-order valence-electron chi connectivity index (χ2n) is 6.49. The molecule has 1 amide bonds. The Morgan fingerprint density at radius 3 is 2.63 bits per heavy atom. The van der Waals surface area contributed by atoms with E-state index in [1.54, 1.807) is 0 Å². The van der Waals surface area contributed by atoms with E-state index in [1.807, 2.05) is 54.6 Å². The molecule has 0 saturated carbocycles. The summed E-state index contributed by atoms with van der Waals surface area (Å²) in [6, 6.07) is 18.1. The molecule has 1 aliphatic rings. The van der Waals surface area contributed by atoms with Gasteiger partial charge in [-0.15, -0.1) is 10.2 Å². The lowest BCUT2D eigenvalue weighted by Crippen LogP contribution is -2.32. The molecule has 3 aromatic rings. The number of amides is 1.